The molecule has 2 saturated heterocycles. The lowest BCUT2D eigenvalue weighted by Gasteiger charge is -2.55. The fourth-order valence-corrected chi connectivity index (χ4v) is 5.96. The Bertz CT molecular complexity index is 786. The van der Waals surface area contributed by atoms with Gasteiger partial charge in [-0.05, 0) is 38.2 Å². The maximum atomic E-state index is 12.9. The summed E-state index contributed by atoms with van der Waals surface area (Å²) in [7, 11) is 0. The summed E-state index contributed by atoms with van der Waals surface area (Å²) in [5, 5.41) is 10.6. The zero-order valence-electron chi connectivity index (χ0n) is 16.0. The lowest BCUT2D eigenvalue weighted by molar-refractivity contribution is -0.169. The van der Waals surface area contributed by atoms with E-state index in [4.69, 9.17) is 5.73 Å². The summed E-state index contributed by atoms with van der Waals surface area (Å²) in [5.41, 5.74) is 7.09. The van der Waals surface area contributed by atoms with Gasteiger partial charge in [-0.1, -0.05) is 42.5 Å². The first-order valence-electron chi connectivity index (χ1n) is 9.85. The molecule has 3 N–H and O–H groups in total. The van der Waals surface area contributed by atoms with Crippen molar-refractivity contribution in [3.63, 3.8) is 0 Å². The predicted molar refractivity (Wildman–Crippen MR) is 109 cm³/mol. The number of allylic oxidation sites excluding steroid dienone is 1. The summed E-state index contributed by atoms with van der Waals surface area (Å²) in [5.74, 6) is -0.0774. The minimum absolute atomic E-state index is 0.0266. The highest BCUT2D eigenvalue weighted by atomic mass is 32.2. The van der Waals surface area contributed by atoms with Crippen LogP contribution < -0.4 is 5.73 Å². The molecule has 3 aliphatic rings. The van der Waals surface area contributed by atoms with Gasteiger partial charge in [0, 0.05) is 6.04 Å². The average molecular weight is 402 g/mol. The number of aliphatic hydroxyl groups excluding tert-OH is 1. The number of hydrogen-bond acceptors (Lipinski definition) is 5. The molecule has 1 aliphatic carbocycles. The lowest BCUT2D eigenvalue weighted by Crippen LogP contribution is -2.76. The van der Waals surface area contributed by atoms with E-state index in [0.717, 1.165) is 24.8 Å². The molecule has 2 heterocycles. The maximum absolute atomic E-state index is 12.9. The molecule has 0 radical (unpaired) electrons. The molecule has 2 amide bonds. The Hall–Kier alpha value is -1.83. The van der Waals surface area contributed by atoms with E-state index in [9.17, 15) is 14.7 Å². The van der Waals surface area contributed by atoms with Crippen LogP contribution in [0.3, 0.4) is 0 Å². The number of thioether (sulfide) groups is 1. The molecule has 1 aromatic rings. The molecule has 28 heavy (non-hydrogen) atoms. The number of rotatable bonds is 5. The van der Waals surface area contributed by atoms with Gasteiger partial charge in [-0.15, -0.1) is 11.8 Å². The van der Waals surface area contributed by atoms with Gasteiger partial charge < -0.3 is 20.6 Å². The molecule has 0 aromatic heterocycles. The van der Waals surface area contributed by atoms with Crippen molar-refractivity contribution in [2.75, 3.05) is 5.88 Å². The summed E-state index contributed by atoms with van der Waals surface area (Å²) >= 11 is 1.59. The predicted octanol–water partition coefficient (Wildman–Crippen LogP) is 1.49. The third kappa shape index (κ3) is 3.15. The molecular weight excluding hydrogens is 374 g/mol. The van der Waals surface area contributed by atoms with Gasteiger partial charge in [0.25, 0.3) is 5.91 Å². The first kappa shape index (κ1) is 19.5. The van der Waals surface area contributed by atoms with Gasteiger partial charge in [-0.2, -0.15) is 0 Å². The molecule has 150 valence electrons. The second kappa shape index (κ2) is 7.54. The molecule has 1 unspecified atom stereocenters. The molecule has 2 fully saturated rings. The van der Waals surface area contributed by atoms with Crippen LogP contribution in [0.25, 0.3) is 0 Å². The van der Waals surface area contributed by atoms with Crippen molar-refractivity contribution >= 4 is 23.6 Å². The number of amides is 2. The Labute approximate surface area is 169 Å². The van der Waals surface area contributed by atoms with Crippen molar-refractivity contribution in [3.8, 4) is 0 Å². The standard InChI is InChI=1S/C21H27N3O3S/c1-21-18(20(27)24(21)15-10-6-3-7-11-15)23(13-28-21)19(26)17(25)16(22)12-14-8-4-2-5-9-14/h2,4-6,8-10,15-18,25H,3,7,11-13,22H2,1H3/t15-,16+,17+,18-,21?/m1/s1. The smallest absolute Gasteiger partial charge is 0.254 e. The summed E-state index contributed by atoms with van der Waals surface area (Å²) < 4.78 is 0. The van der Waals surface area contributed by atoms with E-state index >= 15 is 0 Å². The molecule has 2 aliphatic heterocycles. The van der Waals surface area contributed by atoms with Crippen LogP contribution in [0.15, 0.2) is 42.5 Å². The lowest BCUT2D eigenvalue weighted by atomic mass is 9.88. The summed E-state index contributed by atoms with van der Waals surface area (Å²) in [6.45, 7) is 2.02. The second-order valence-corrected chi connectivity index (χ2v) is 9.35. The van der Waals surface area contributed by atoms with E-state index < -0.39 is 29.0 Å². The molecule has 0 saturated carbocycles. The van der Waals surface area contributed by atoms with E-state index in [0.29, 0.717) is 12.3 Å². The molecule has 6 nitrogen and oxygen atoms in total. The largest absolute Gasteiger partial charge is 0.382 e. The van der Waals surface area contributed by atoms with Crippen molar-refractivity contribution < 1.29 is 14.7 Å². The number of nitrogens with zero attached hydrogens (tertiary/aromatic N) is 2. The van der Waals surface area contributed by atoms with Crippen LogP contribution in [0.4, 0.5) is 0 Å². The van der Waals surface area contributed by atoms with E-state index in [-0.39, 0.29) is 11.9 Å². The highest BCUT2D eigenvalue weighted by Gasteiger charge is 2.66. The van der Waals surface area contributed by atoms with Crippen LogP contribution in [0.5, 0.6) is 0 Å². The molecule has 5 atom stereocenters. The van der Waals surface area contributed by atoms with E-state index in [1.165, 1.54) is 4.90 Å². The number of β-lactam (4-membered cyclic amide) rings is 1. The molecule has 7 heteroatoms. The summed E-state index contributed by atoms with van der Waals surface area (Å²) in [6.07, 6.45) is 6.42. The van der Waals surface area contributed by atoms with Crippen molar-refractivity contribution in [2.45, 2.75) is 61.7 Å². The van der Waals surface area contributed by atoms with Gasteiger partial charge in [-0.3, -0.25) is 9.59 Å². The minimum Gasteiger partial charge on any atom is -0.382 e. The maximum Gasteiger partial charge on any atom is 0.254 e. The Morgan fingerprint density at radius 2 is 2.14 bits per heavy atom. The van der Waals surface area contributed by atoms with Gasteiger partial charge in [0.1, 0.15) is 17.0 Å². The van der Waals surface area contributed by atoms with Gasteiger partial charge in [0.15, 0.2) is 0 Å². The first-order valence-corrected chi connectivity index (χ1v) is 10.8. The van der Waals surface area contributed by atoms with E-state index in [1.54, 1.807) is 11.8 Å². The fourth-order valence-electron chi connectivity index (χ4n) is 4.53. The topological polar surface area (TPSA) is 86.9 Å². The van der Waals surface area contributed by atoms with Gasteiger partial charge >= 0.3 is 0 Å². The number of carbonyl (C=O) groups excluding carboxylic acids is 2. The zero-order chi connectivity index (χ0) is 19.9. The van der Waals surface area contributed by atoms with Gasteiger partial charge in [0.2, 0.25) is 5.91 Å². The molecule has 0 spiro atoms. The number of fused-ring (bicyclic) bond motifs is 1. The highest BCUT2D eigenvalue weighted by molar-refractivity contribution is 8.01. The monoisotopic (exact) mass is 401 g/mol. The number of aliphatic hydroxyl groups is 1. The summed E-state index contributed by atoms with van der Waals surface area (Å²) in [4.78, 5) is 28.9. The number of nitrogens with two attached hydrogens (primary N) is 1. The molecule has 1 aromatic carbocycles. The minimum atomic E-state index is -1.32. The molecule has 0 bridgehead atoms. The first-order chi connectivity index (χ1) is 13.4. The van der Waals surface area contributed by atoms with Crippen molar-refractivity contribution in [2.24, 2.45) is 5.73 Å². The normalized spacial score (nSPS) is 31.3. The Morgan fingerprint density at radius 1 is 1.39 bits per heavy atom. The number of likely N-dealkylation sites (tertiary alicyclic amines) is 1. The quantitative estimate of drug-likeness (QED) is 0.577. The van der Waals surface area contributed by atoms with Gasteiger partial charge in [0.05, 0.1) is 11.9 Å². The van der Waals surface area contributed by atoms with Crippen molar-refractivity contribution in [1.82, 2.24) is 9.80 Å². The average Bonchev–Trinajstić information content (AvgIpc) is 3.01. The Morgan fingerprint density at radius 3 is 2.82 bits per heavy atom. The van der Waals surface area contributed by atoms with Crippen molar-refractivity contribution in [1.29, 1.82) is 0 Å². The Kier molecular flexibility index (Phi) is 5.24. The van der Waals surface area contributed by atoms with E-state index in [1.807, 2.05) is 42.2 Å². The van der Waals surface area contributed by atoms with Crippen LogP contribution >= 0.6 is 11.8 Å². The third-order valence-corrected chi connectivity index (χ3v) is 7.49. The number of benzene rings is 1. The Balaban J connectivity index is 1.44. The number of hydrogen-bond donors (Lipinski definition) is 2. The highest BCUT2D eigenvalue weighted by Crippen LogP contribution is 2.52. The van der Waals surface area contributed by atoms with Crippen molar-refractivity contribution in [3.05, 3.63) is 48.0 Å². The summed E-state index contributed by atoms with van der Waals surface area (Å²) in [6, 6.07) is 8.44. The van der Waals surface area contributed by atoms with Gasteiger partial charge in [-0.25, -0.2) is 0 Å². The second-order valence-electron chi connectivity index (χ2n) is 7.97. The van der Waals surface area contributed by atoms with Crippen LogP contribution in [-0.2, 0) is 16.0 Å². The zero-order valence-corrected chi connectivity index (χ0v) is 16.8. The number of carbonyl (C=O) groups is 2. The van der Waals surface area contributed by atoms with Crippen LogP contribution in [0.2, 0.25) is 0 Å². The third-order valence-electron chi connectivity index (χ3n) is 6.08. The van der Waals surface area contributed by atoms with Crippen LogP contribution in [0.1, 0.15) is 31.7 Å². The fraction of sp³-hybridized carbons (Fsp3) is 0.524. The van der Waals surface area contributed by atoms with Crippen LogP contribution in [0, 0.1) is 0 Å². The SMILES string of the molecule is CC12SCN(C(=O)[C@@H](O)[C@@H](N)Cc3ccccc3)[C@@H]1C(=O)N2[C@@H]1C=CCCC1. The molecule has 4 rings (SSSR count). The van der Waals surface area contributed by atoms with E-state index in [2.05, 4.69) is 12.2 Å². The molecular formula is C21H27N3O3S. The van der Waals surface area contributed by atoms with Crippen LogP contribution in [-0.4, -0.2) is 61.7 Å².